The molecule has 5 aromatic rings. The summed E-state index contributed by atoms with van der Waals surface area (Å²) >= 11 is 0. The Morgan fingerprint density at radius 3 is 2.82 bits per heavy atom. The summed E-state index contributed by atoms with van der Waals surface area (Å²) in [6.07, 6.45) is 3.51. The average molecular weight is 435 g/mol. The van der Waals surface area contributed by atoms with E-state index in [2.05, 4.69) is 27.6 Å². The Morgan fingerprint density at radius 1 is 1.15 bits per heavy atom. The molecule has 4 heterocycles. The number of para-hydroxylation sites is 2. The van der Waals surface area contributed by atoms with E-state index in [-0.39, 0.29) is 11.9 Å². The largest absolute Gasteiger partial charge is 0.383 e. The summed E-state index contributed by atoms with van der Waals surface area (Å²) in [4.78, 5) is 26.6. The smallest absolute Gasteiger partial charge is 0.250 e. The molecule has 8 nitrogen and oxygen atoms in total. The van der Waals surface area contributed by atoms with Crippen LogP contribution in [0.15, 0.2) is 73.6 Å². The number of carbonyl (C=O) groups is 1. The molecule has 0 saturated carbocycles. The summed E-state index contributed by atoms with van der Waals surface area (Å²) in [5, 5.41) is 6.75. The highest BCUT2D eigenvalue weighted by molar-refractivity contribution is 6.02. The first-order valence-corrected chi connectivity index (χ1v) is 10.7. The third kappa shape index (κ3) is 2.99. The van der Waals surface area contributed by atoms with Crippen molar-refractivity contribution >= 4 is 39.3 Å². The minimum Gasteiger partial charge on any atom is -0.383 e. The molecule has 2 aromatic carbocycles. The van der Waals surface area contributed by atoms with Crippen molar-refractivity contribution in [3.05, 3.63) is 79.1 Å². The quantitative estimate of drug-likeness (QED) is 0.419. The van der Waals surface area contributed by atoms with E-state index >= 15 is 0 Å². The van der Waals surface area contributed by atoms with Crippen molar-refractivity contribution in [3.63, 3.8) is 0 Å². The first-order chi connectivity index (χ1) is 16.1. The van der Waals surface area contributed by atoms with Gasteiger partial charge in [-0.05, 0) is 36.3 Å². The Labute approximate surface area is 189 Å². The lowest BCUT2D eigenvalue weighted by Crippen LogP contribution is -2.40. The molecular weight excluding hydrogens is 414 g/mol. The molecule has 0 spiro atoms. The van der Waals surface area contributed by atoms with Crippen LogP contribution in [0.25, 0.3) is 33.3 Å². The number of aromatic nitrogens is 5. The van der Waals surface area contributed by atoms with Crippen LogP contribution < -0.4 is 10.6 Å². The fourth-order valence-electron chi connectivity index (χ4n) is 4.70. The summed E-state index contributed by atoms with van der Waals surface area (Å²) in [7, 11) is 0. The van der Waals surface area contributed by atoms with Gasteiger partial charge in [-0.25, -0.2) is 14.6 Å². The predicted molar refractivity (Wildman–Crippen MR) is 129 cm³/mol. The summed E-state index contributed by atoms with van der Waals surface area (Å²) in [5.41, 5.74) is 11.5. The van der Waals surface area contributed by atoms with Crippen molar-refractivity contribution in [1.29, 1.82) is 0 Å². The van der Waals surface area contributed by atoms with Crippen LogP contribution in [0.1, 0.15) is 11.6 Å². The van der Waals surface area contributed by atoms with Crippen LogP contribution in [0.5, 0.6) is 0 Å². The van der Waals surface area contributed by atoms with Gasteiger partial charge in [0.2, 0.25) is 5.91 Å². The zero-order chi connectivity index (χ0) is 22.5. The molecule has 1 amide bonds. The molecule has 0 bridgehead atoms. The number of rotatable bonds is 3. The van der Waals surface area contributed by atoms with E-state index in [1.807, 2.05) is 53.2 Å². The van der Waals surface area contributed by atoms with Crippen molar-refractivity contribution in [2.45, 2.75) is 12.5 Å². The van der Waals surface area contributed by atoms with Gasteiger partial charge >= 0.3 is 0 Å². The second-order valence-electron chi connectivity index (χ2n) is 8.16. The molecule has 3 N–H and O–H groups in total. The van der Waals surface area contributed by atoms with Crippen molar-refractivity contribution < 1.29 is 4.79 Å². The van der Waals surface area contributed by atoms with Gasteiger partial charge in [0.1, 0.15) is 17.8 Å². The van der Waals surface area contributed by atoms with Gasteiger partial charge in [0.05, 0.1) is 17.1 Å². The molecule has 1 atom stereocenters. The van der Waals surface area contributed by atoms with E-state index in [0.717, 1.165) is 27.8 Å². The first kappa shape index (κ1) is 19.2. The Kier molecular flexibility index (Phi) is 4.26. The van der Waals surface area contributed by atoms with Gasteiger partial charge in [-0.15, -0.1) is 0 Å². The molecule has 162 valence electrons. The number of nitrogens with zero attached hydrogens (tertiary/aromatic N) is 5. The van der Waals surface area contributed by atoms with E-state index in [4.69, 9.17) is 10.8 Å². The third-order valence-corrected chi connectivity index (χ3v) is 6.22. The molecule has 33 heavy (non-hydrogen) atoms. The molecule has 0 radical (unpaired) electrons. The Bertz CT molecular complexity index is 1510. The number of carbonyl (C=O) groups excluding carboxylic acids is 1. The molecule has 1 aliphatic heterocycles. The van der Waals surface area contributed by atoms with Crippen molar-refractivity contribution in [2.24, 2.45) is 0 Å². The molecule has 0 aliphatic carbocycles. The maximum atomic E-state index is 12.7. The number of benzene rings is 2. The van der Waals surface area contributed by atoms with Gasteiger partial charge in [-0.2, -0.15) is 5.10 Å². The van der Waals surface area contributed by atoms with Crippen LogP contribution in [0, 0.1) is 0 Å². The molecule has 3 aromatic heterocycles. The van der Waals surface area contributed by atoms with Crippen LogP contribution in [-0.4, -0.2) is 37.2 Å². The number of H-pyrrole nitrogens is 1. The van der Waals surface area contributed by atoms with E-state index in [1.165, 1.54) is 12.4 Å². The maximum absolute atomic E-state index is 12.7. The average Bonchev–Trinajstić information content (AvgIpc) is 3.45. The predicted octanol–water partition coefficient (Wildman–Crippen LogP) is 3.87. The number of nitrogens with one attached hydrogen (secondary N) is 1. The van der Waals surface area contributed by atoms with E-state index < -0.39 is 0 Å². The van der Waals surface area contributed by atoms with Crippen LogP contribution in [0.4, 0.5) is 11.5 Å². The zero-order valence-electron chi connectivity index (χ0n) is 17.8. The van der Waals surface area contributed by atoms with Gasteiger partial charge < -0.3 is 15.6 Å². The molecule has 6 rings (SSSR count). The lowest BCUT2D eigenvalue weighted by molar-refractivity contribution is -0.114. The number of hydrogen-bond donors (Lipinski definition) is 2. The van der Waals surface area contributed by atoms with Crippen LogP contribution in [0.2, 0.25) is 0 Å². The molecule has 0 fully saturated rings. The van der Waals surface area contributed by atoms with E-state index in [0.29, 0.717) is 35.5 Å². The van der Waals surface area contributed by atoms with Gasteiger partial charge in [0.15, 0.2) is 5.65 Å². The summed E-state index contributed by atoms with van der Waals surface area (Å²) in [5.74, 6) is 0.226. The standard InChI is InChI=1S/C25H21N7O/c1-2-21(33)31-13-17(11-16-8-4-6-10-20(16)31)32-25-22(24(26)27-14-28-25)23(30-32)19-12-15-7-3-5-9-18(15)29-19/h2-10,12,14,17,29H,1,11,13H2,(H2,26,27,28). The topological polar surface area (TPSA) is 106 Å². The Hall–Kier alpha value is -4.46. The summed E-state index contributed by atoms with van der Waals surface area (Å²) in [6, 6.07) is 17.9. The number of amides is 1. The second kappa shape index (κ2) is 7.30. The maximum Gasteiger partial charge on any atom is 0.250 e. The number of nitrogens with two attached hydrogens (primary N) is 1. The van der Waals surface area contributed by atoms with E-state index in [9.17, 15) is 4.79 Å². The van der Waals surface area contributed by atoms with Gasteiger partial charge in [-0.1, -0.05) is 43.0 Å². The summed E-state index contributed by atoms with van der Waals surface area (Å²) in [6.45, 7) is 4.13. The molecule has 1 aliphatic rings. The number of nitrogen functional groups attached to an aromatic ring is 1. The lowest BCUT2D eigenvalue weighted by Gasteiger charge is -2.34. The van der Waals surface area contributed by atoms with Crippen LogP contribution >= 0.6 is 0 Å². The first-order valence-electron chi connectivity index (χ1n) is 10.7. The molecular formula is C25H21N7O. The van der Waals surface area contributed by atoms with Crippen molar-refractivity contribution in [1.82, 2.24) is 24.7 Å². The summed E-state index contributed by atoms with van der Waals surface area (Å²) < 4.78 is 1.88. The van der Waals surface area contributed by atoms with Gasteiger partial charge in [-0.3, -0.25) is 4.79 Å². The Morgan fingerprint density at radius 2 is 1.97 bits per heavy atom. The highest BCUT2D eigenvalue weighted by Crippen LogP contribution is 2.37. The van der Waals surface area contributed by atoms with E-state index in [1.54, 1.807) is 4.90 Å². The third-order valence-electron chi connectivity index (χ3n) is 6.22. The Balaban J connectivity index is 1.53. The molecule has 8 heteroatoms. The normalized spacial score (nSPS) is 15.6. The monoisotopic (exact) mass is 435 g/mol. The second-order valence-corrected chi connectivity index (χ2v) is 8.16. The number of fused-ring (bicyclic) bond motifs is 3. The fraction of sp³-hybridized carbons (Fsp3) is 0.120. The van der Waals surface area contributed by atoms with Crippen LogP contribution in [-0.2, 0) is 11.2 Å². The highest BCUT2D eigenvalue weighted by atomic mass is 16.2. The minimum atomic E-state index is -0.145. The molecule has 0 saturated heterocycles. The molecule has 1 unspecified atom stereocenters. The highest BCUT2D eigenvalue weighted by Gasteiger charge is 2.31. The van der Waals surface area contributed by atoms with Crippen molar-refractivity contribution in [2.75, 3.05) is 17.2 Å². The van der Waals surface area contributed by atoms with Crippen LogP contribution in [0.3, 0.4) is 0 Å². The lowest BCUT2D eigenvalue weighted by atomic mass is 9.97. The van der Waals surface area contributed by atoms with Gasteiger partial charge in [0.25, 0.3) is 0 Å². The number of anilines is 2. The zero-order valence-corrected chi connectivity index (χ0v) is 17.8. The SMILES string of the molecule is C=CC(=O)N1CC(n2nc(-c3cc4ccccc4[nH]3)c3c(N)ncnc32)Cc2ccccc21. The fourth-order valence-corrected chi connectivity index (χ4v) is 4.70. The minimum absolute atomic E-state index is 0.126. The number of aromatic amines is 1. The van der Waals surface area contributed by atoms with Crippen molar-refractivity contribution in [3.8, 4) is 11.4 Å². The number of hydrogen-bond acceptors (Lipinski definition) is 5. The van der Waals surface area contributed by atoms with Gasteiger partial charge in [0, 0.05) is 23.1 Å².